The fourth-order valence-electron chi connectivity index (χ4n) is 3.31. The van der Waals surface area contributed by atoms with E-state index >= 15 is 0 Å². The monoisotopic (exact) mass is 229 g/mol. The molecule has 1 aliphatic heterocycles. The van der Waals surface area contributed by atoms with Crippen LogP contribution in [0.4, 0.5) is 0 Å². The number of nitrogens with one attached hydrogen (secondary N) is 1. The zero-order valence-corrected chi connectivity index (χ0v) is 10.8. The Hall–Kier alpha value is 0.110. The van der Waals surface area contributed by atoms with E-state index in [0.717, 1.165) is 18.1 Å². The van der Waals surface area contributed by atoms with Crippen LogP contribution in [0, 0.1) is 11.8 Å². The third-order valence-corrected chi connectivity index (χ3v) is 5.98. The molecular formula is C12H23NOS. The minimum atomic E-state index is -0.602. The van der Waals surface area contributed by atoms with E-state index in [2.05, 4.69) is 26.1 Å². The number of hydrogen-bond acceptors (Lipinski definition) is 2. The SMILES string of the molecule is CC1CC(C)C2C(C1)NC(C)CCS2=O. The molecule has 0 bridgehead atoms. The highest BCUT2D eigenvalue weighted by atomic mass is 32.2. The lowest BCUT2D eigenvalue weighted by Crippen LogP contribution is -2.50. The van der Waals surface area contributed by atoms with E-state index in [4.69, 9.17) is 0 Å². The maximum absolute atomic E-state index is 12.2. The van der Waals surface area contributed by atoms with Gasteiger partial charge in [-0.05, 0) is 38.0 Å². The topological polar surface area (TPSA) is 29.1 Å². The second kappa shape index (κ2) is 4.54. The van der Waals surface area contributed by atoms with Crippen LogP contribution in [0.15, 0.2) is 0 Å². The Morgan fingerprint density at radius 2 is 1.93 bits per heavy atom. The van der Waals surface area contributed by atoms with Crippen LogP contribution in [0.5, 0.6) is 0 Å². The molecule has 15 heavy (non-hydrogen) atoms. The number of fused-ring (bicyclic) bond motifs is 1. The van der Waals surface area contributed by atoms with Crippen LogP contribution in [0.2, 0.25) is 0 Å². The Morgan fingerprint density at radius 1 is 1.20 bits per heavy atom. The summed E-state index contributed by atoms with van der Waals surface area (Å²) in [5, 5.41) is 4.09. The molecule has 1 saturated carbocycles. The molecule has 1 aliphatic carbocycles. The van der Waals surface area contributed by atoms with Crippen molar-refractivity contribution < 1.29 is 4.21 Å². The molecule has 6 atom stereocenters. The third-order valence-electron chi connectivity index (χ3n) is 3.94. The second-order valence-electron chi connectivity index (χ2n) is 5.57. The molecule has 6 unspecified atom stereocenters. The minimum absolute atomic E-state index is 0.408. The van der Waals surface area contributed by atoms with E-state index in [1.165, 1.54) is 12.8 Å². The molecule has 1 heterocycles. The van der Waals surface area contributed by atoms with Crippen LogP contribution in [0.3, 0.4) is 0 Å². The van der Waals surface area contributed by atoms with Crippen molar-refractivity contribution in [1.29, 1.82) is 0 Å². The summed E-state index contributed by atoms with van der Waals surface area (Å²) in [4.78, 5) is 0. The predicted octanol–water partition coefficient (Wildman–Crippen LogP) is 1.92. The van der Waals surface area contributed by atoms with Crippen LogP contribution in [0.1, 0.15) is 40.0 Å². The second-order valence-corrected chi connectivity index (χ2v) is 7.28. The van der Waals surface area contributed by atoms with Crippen LogP contribution >= 0.6 is 0 Å². The van der Waals surface area contributed by atoms with E-state index in [1.54, 1.807) is 0 Å². The molecule has 2 rings (SSSR count). The molecule has 1 saturated heterocycles. The fourth-order valence-corrected chi connectivity index (χ4v) is 5.36. The van der Waals surface area contributed by atoms with E-state index in [1.807, 2.05) is 0 Å². The molecular weight excluding hydrogens is 206 g/mol. The Balaban J connectivity index is 2.17. The van der Waals surface area contributed by atoms with E-state index < -0.39 is 10.8 Å². The van der Waals surface area contributed by atoms with Gasteiger partial charge in [-0.3, -0.25) is 4.21 Å². The first-order chi connectivity index (χ1) is 7.08. The Morgan fingerprint density at radius 3 is 2.67 bits per heavy atom. The summed E-state index contributed by atoms with van der Waals surface area (Å²) in [7, 11) is -0.602. The van der Waals surface area contributed by atoms with Gasteiger partial charge in [-0.1, -0.05) is 13.8 Å². The van der Waals surface area contributed by atoms with Crippen molar-refractivity contribution in [3.63, 3.8) is 0 Å². The first-order valence-corrected chi connectivity index (χ1v) is 7.59. The van der Waals surface area contributed by atoms with Gasteiger partial charge in [0.25, 0.3) is 0 Å². The zero-order valence-electron chi connectivity index (χ0n) is 10.0. The van der Waals surface area contributed by atoms with Crippen LogP contribution in [-0.4, -0.2) is 27.3 Å². The smallest absolute Gasteiger partial charge is 0.0527 e. The van der Waals surface area contributed by atoms with E-state index in [0.29, 0.717) is 23.3 Å². The molecule has 0 radical (unpaired) electrons. The van der Waals surface area contributed by atoms with Gasteiger partial charge in [-0.2, -0.15) is 0 Å². The molecule has 88 valence electrons. The molecule has 3 heteroatoms. The summed E-state index contributed by atoms with van der Waals surface area (Å²) < 4.78 is 12.2. The molecule has 2 fully saturated rings. The van der Waals surface area contributed by atoms with Gasteiger partial charge < -0.3 is 5.32 Å². The van der Waals surface area contributed by atoms with Crippen molar-refractivity contribution in [2.75, 3.05) is 5.75 Å². The standard InChI is InChI=1S/C12H23NOS/c1-8-6-9(2)12-11(7-8)13-10(3)4-5-15(12)14/h8-13H,4-7H2,1-3H3. The first-order valence-electron chi connectivity index (χ1n) is 6.21. The summed E-state index contributed by atoms with van der Waals surface area (Å²) in [5.41, 5.74) is 0. The van der Waals surface area contributed by atoms with Crippen molar-refractivity contribution in [3.8, 4) is 0 Å². The maximum atomic E-state index is 12.2. The average molecular weight is 229 g/mol. The van der Waals surface area contributed by atoms with Gasteiger partial charge in [-0.15, -0.1) is 0 Å². The number of rotatable bonds is 0. The fraction of sp³-hybridized carbons (Fsp3) is 1.00. The highest BCUT2D eigenvalue weighted by Crippen LogP contribution is 2.34. The molecule has 2 aliphatic rings. The van der Waals surface area contributed by atoms with Crippen molar-refractivity contribution in [2.45, 2.75) is 57.4 Å². The molecule has 0 spiro atoms. The van der Waals surface area contributed by atoms with E-state index in [-0.39, 0.29) is 0 Å². The van der Waals surface area contributed by atoms with Crippen LogP contribution in [0.25, 0.3) is 0 Å². The maximum Gasteiger partial charge on any atom is 0.0527 e. The lowest BCUT2D eigenvalue weighted by molar-refractivity contribution is 0.238. The van der Waals surface area contributed by atoms with Crippen LogP contribution < -0.4 is 5.32 Å². The highest BCUT2D eigenvalue weighted by molar-refractivity contribution is 7.85. The summed E-state index contributed by atoms with van der Waals surface area (Å²) in [6.45, 7) is 6.83. The predicted molar refractivity (Wildman–Crippen MR) is 65.4 cm³/mol. The lowest BCUT2D eigenvalue weighted by atomic mass is 9.79. The molecule has 0 aromatic heterocycles. The van der Waals surface area contributed by atoms with Gasteiger partial charge in [-0.25, -0.2) is 0 Å². The van der Waals surface area contributed by atoms with Gasteiger partial charge in [0.15, 0.2) is 0 Å². The van der Waals surface area contributed by atoms with Crippen LogP contribution in [-0.2, 0) is 10.8 Å². The van der Waals surface area contributed by atoms with Gasteiger partial charge in [0.2, 0.25) is 0 Å². The molecule has 0 amide bonds. The molecule has 0 aromatic rings. The average Bonchev–Trinajstić information content (AvgIpc) is 2.25. The quantitative estimate of drug-likeness (QED) is 0.687. The zero-order chi connectivity index (χ0) is 11.0. The van der Waals surface area contributed by atoms with Crippen molar-refractivity contribution in [3.05, 3.63) is 0 Å². The van der Waals surface area contributed by atoms with Gasteiger partial charge in [0.05, 0.1) is 5.25 Å². The van der Waals surface area contributed by atoms with Gasteiger partial charge in [0, 0.05) is 28.6 Å². The van der Waals surface area contributed by atoms with Crippen molar-refractivity contribution in [1.82, 2.24) is 5.32 Å². The largest absolute Gasteiger partial charge is 0.310 e. The highest BCUT2D eigenvalue weighted by Gasteiger charge is 2.39. The molecule has 1 N–H and O–H groups in total. The van der Waals surface area contributed by atoms with E-state index in [9.17, 15) is 4.21 Å². The minimum Gasteiger partial charge on any atom is -0.310 e. The Kier molecular flexibility index (Phi) is 3.51. The molecule has 0 aromatic carbocycles. The summed E-state index contributed by atoms with van der Waals surface area (Å²) >= 11 is 0. The third kappa shape index (κ3) is 2.44. The lowest BCUT2D eigenvalue weighted by Gasteiger charge is -2.38. The number of hydrogen-bond donors (Lipinski definition) is 1. The van der Waals surface area contributed by atoms with Crippen molar-refractivity contribution in [2.24, 2.45) is 11.8 Å². The normalized spacial score (nSPS) is 51.9. The summed E-state index contributed by atoms with van der Waals surface area (Å²) in [6, 6.07) is 1.04. The van der Waals surface area contributed by atoms with Gasteiger partial charge >= 0.3 is 0 Å². The Labute approximate surface area is 95.7 Å². The first kappa shape index (κ1) is 11.6. The van der Waals surface area contributed by atoms with Crippen molar-refractivity contribution >= 4 is 10.8 Å². The summed E-state index contributed by atoms with van der Waals surface area (Å²) in [5.74, 6) is 2.31. The molecule has 2 nitrogen and oxygen atoms in total. The van der Waals surface area contributed by atoms with Gasteiger partial charge in [0.1, 0.15) is 0 Å². The Bertz CT molecular complexity index is 256. The summed E-state index contributed by atoms with van der Waals surface area (Å²) in [6.07, 6.45) is 3.54.